The van der Waals surface area contributed by atoms with Crippen molar-refractivity contribution in [1.82, 2.24) is 9.97 Å². The smallest absolute Gasteiger partial charge is 0.180 e. The molecule has 0 unspecified atom stereocenters. The molecule has 2 aromatic heterocycles. The predicted octanol–water partition coefficient (Wildman–Crippen LogP) is 4.60. The van der Waals surface area contributed by atoms with Crippen LogP contribution in [0.25, 0.3) is 22.2 Å². The summed E-state index contributed by atoms with van der Waals surface area (Å²) in [7, 11) is 0. The number of nitrogens with two attached hydrogens (primary N) is 1. The van der Waals surface area contributed by atoms with E-state index in [1.54, 1.807) is 11.3 Å². The molecule has 2 N–H and O–H groups in total. The fourth-order valence-corrected chi connectivity index (χ4v) is 4.27. The van der Waals surface area contributed by atoms with Gasteiger partial charge in [-0.25, -0.2) is 4.98 Å². The van der Waals surface area contributed by atoms with Gasteiger partial charge in [0.2, 0.25) is 0 Å². The van der Waals surface area contributed by atoms with E-state index in [-0.39, 0.29) is 0 Å². The molecule has 3 nitrogen and oxygen atoms in total. The van der Waals surface area contributed by atoms with Gasteiger partial charge in [-0.15, -0.1) is 11.3 Å². The Morgan fingerprint density at radius 3 is 2.86 bits per heavy atom. The van der Waals surface area contributed by atoms with Crippen molar-refractivity contribution >= 4 is 27.4 Å². The first-order valence-corrected chi connectivity index (χ1v) is 8.24. The summed E-state index contributed by atoms with van der Waals surface area (Å²) in [6, 6.07) is 10.4. The third kappa shape index (κ3) is 2.29. The number of aromatic nitrogens is 2. The van der Waals surface area contributed by atoms with Gasteiger partial charge < -0.3 is 5.73 Å². The zero-order valence-electron chi connectivity index (χ0n) is 11.7. The van der Waals surface area contributed by atoms with Gasteiger partial charge in [0.1, 0.15) is 0 Å². The van der Waals surface area contributed by atoms with Gasteiger partial charge in [-0.2, -0.15) is 0 Å². The minimum atomic E-state index is 0.638. The molecule has 1 saturated carbocycles. The Morgan fingerprint density at radius 1 is 1.14 bits per heavy atom. The average Bonchev–Trinajstić information content (AvgIpc) is 3.15. The van der Waals surface area contributed by atoms with Crippen molar-refractivity contribution in [2.24, 2.45) is 0 Å². The van der Waals surface area contributed by atoms with Crippen molar-refractivity contribution < 1.29 is 0 Å². The molecule has 3 aromatic rings. The van der Waals surface area contributed by atoms with Crippen molar-refractivity contribution in [1.29, 1.82) is 0 Å². The van der Waals surface area contributed by atoms with Crippen LogP contribution in [0, 0.1) is 0 Å². The predicted molar refractivity (Wildman–Crippen MR) is 88.5 cm³/mol. The number of nitrogen functional groups attached to an aromatic ring is 1. The van der Waals surface area contributed by atoms with Gasteiger partial charge in [-0.3, -0.25) is 4.98 Å². The molecular formula is C17H17N3S. The average molecular weight is 295 g/mol. The van der Waals surface area contributed by atoms with Crippen LogP contribution in [0.1, 0.15) is 36.5 Å². The number of fused-ring (bicyclic) bond motifs is 1. The molecular weight excluding hydrogens is 278 g/mol. The Bertz CT molecular complexity index is 788. The molecule has 21 heavy (non-hydrogen) atoms. The molecule has 0 atom stereocenters. The van der Waals surface area contributed by atoms with Crippen molar-refractivity contribution in [3.63, 3.8) is 0 Å². The monoisotopic (exact) mass is 295 g/mol. The van der Waals surface area contributed by atoms with Crippen LogP contribution in [0.3, 0.4) is 0 Å². The molecule has 0 amide bonds. The van der Waals surface area contributed by atoms with Crippen LogP contribution < -0.4 is 5.73 Å². The topological polar surface area (TPSA) is 51.8 Å². The van der Waals surface area contributed by atoms with E-state index in [2.05, 4.69) is 34.2 Å². The molecule has 106 valence electrons. The number of anilines is 1. The summed E-state index contributed by atoms with van der Waals surface area (Å²) >= 11 is 1.66. The number of hydrogen-bond acceptors (Lipinski definition) is 4. The molecule has 4 heteroatoms. The van der Waals surface area contributed by atoms with E-state index in [0.717, 1.165) is 22.2 Å². The van der Waals surface area contributed by atoms with Gasteiger partial charge in [0.25, 0.3) is 0 Å². The summed E-state index contributed by atoms with van der Waals surface area (Å²) in [4.78, 5) is 10.4. The normalized spacial score (nSPS) is 15.8. The highest BCUT2D eigenvalue weighted by atomic mass is 32.1. The fraction of sp³-hybridized carbons (Fsp3) is 0.294. The lowest BCUT2D eigenvalue weighted by Crippen LogP contribution is -1.92. The molecule has 0 radical (unpaired) electrons. The standard InChI is InChI=1S/C17H17N3S/c18-17-20-15(16(21-17)11-4-1-2-5-11)13-7-8-14-12(10-13)6-3-9-19-14/h3,6-11H,1-2,4-5H2,(H2,18,20). The summed E-state index contributed by atoms with van der Waals surface area (Å²) < 4.78 is 0. The maximum atomic E-state index is 5.99. The minimum Gasteiger partial charge on any atom is -0.375 e. The van der Waals surface area contributed by atoms with E-state index in [1.807, 2.05) is 12.3 Å². The van der Waals surface area contributed by atoms with Crippen molar-refractivity contribution in [2.75, 3.05) is 5.73 Å². The lowest BCUT2D eigenvalue weighted by Gasteiger charge is -2.09. The number of benzene rings is 1. The first-order chi connectivity index (χ1) is 10.3. The van der Waals surface area contributed by atoms with E-state index >= 15 is 0 Å². The number of pyridine rings is 1. The maximum absolute atomic E-state index is 5.99. The Morgan fingerprint density at radius 2 is 2.00 bits per heavy atom. The Kier molecular flexibility index (Phi) is 3.11. The van der Waals surface area contributed by atoms with Crippen molar-refractivity contribution in [2.45, 2.75) is 31.6 Å². The van der Waals surface area contributed by atoms with Crippen molar-refractivity contribution in [3.8, 4) is 11.3 Å². The van der Waals surface area contributed by atoms with E-state index in [1.165, 1.54) is 30.6 Å². The zero-order valence-corrected chi connectivity index (χ0v) is 12.6. The second kappa shape index (κ2) is 5.11. The van der Waals surface area contributed by atoms with Crippen LogP contribution in [0.4, 0.5) is 5.13 Å². The lowest BCUT2D eigenvalue weighted by atomic mass is 10.00. The van der Waals surface area contributed by atoms with Gasteiger partial charge in [0.15, 0.2) is 5.13 Å². The Hall–Kier alpha value is -1.94. The highest BCUT2D eigenvalue weighted by Crippen LogP contribution is 2.43. The van der Waals surface area contributed by atoms with Crippen LogP contribution >= 0.6 is 11.3 Å². The van der Waals surface area contributed by atoms with Gasteiger partial charge in [0, 0.05) is 22.0 Å². The van der Waals surface area contributed by atoms with E-state index in [9.17, 15) is 0 Å². The van der Waals surface area contributed by atoms with Crippen LogP contribution in [-0.2, 0) is 0 Å². The molecule has 1 aliphatic rings. The lowest BCUT2D eigenvalue weighted by molar-refractivity contribution is 0.738. The van der Waals surface area contributed by atoms with Crippen LogP contribution in [0.2, 0.25) is 0 Å². The second-order valence-electron chi connectivity index (χ2n) is 5.66. The molecule has 0 saturated heterocycles. The second-order valence-corrected chi connectivity index (χ2v) is 6.72. The van der Waals surface area contributed by atoms with Gasteiger partial charge in [-0.1, -0.05) is 25.0 Å². The quantitative estimate of drug-likeness (QED) is 0.751. The first kappa shape index (κ1) is 12.8. The van der Waals surface area contributed by atoms with Crippen LogP contribution in [0.15, 0.2) is 36.5 Å². The van der Waals surface area contributed by atoms with E-state index in [4.69, 9.17) is 5.73 Å². The first-order valence-electron chi connectivity index (χ1n) is 7.42. The number of rotatable bonds is 2. The number of hydrogen-bond donors (Lipinski definition) is 1. The van der Waals surface area contributed by atoms with Gasteiger partial charge in [0.05, 0.1) is 11.2 Å². The number of thiazole rings is 1. The fourth-order valence-electron chi connectivity index (χ4n) is 3.24. The summed E-state index contributed by atoms with van der Waals surface area (Å²) in [5.74, 6) is 0.638. The molecule has 0 spiro atoms. The number of nitrogens with zero attached hydrogens (tertiary/aromatic N) is 2. The summed E-state index contributed by atoms with van der Waals surface area (Å²) in [5, 5.41) is 1.83. The summed E-state index contributed by atoms with van der Waals surface area (Å²) in [5.41, 5.74) is 9.25. The summed E-state index contributed by atoms with van der Waals surface area (Å²) in [6.45, 7) is 0. The van der Waals surface area contributed by atoms with E-state index in [0.29, 0.717) is 11.0 Å². The molecule has 1 aliphatic carbocycles. The Balaban J connectivity index is 1.84. The maximum Gasteiger partial charge on any atom is 0.180 e. The zero-order chi connectivity index (χ0) is 14.2. The minimum absolute atomic E-state index is 0.638. The largest absolute Gasteiger partial charge is 0.375 e. The molecule has 0 bridgehead atoms. The highest BCUT2D eigenvalue weighted by Gasteiger charge is 2.24. The molecule has 4 rings (SSSR count). The van der Waals surface area contributed by atoms with Gasteiger partial charge >= 0.3 is 0 Å². The molecule has 1 aromatic carbocycles. The molecule has 1 fully saturated rings. The molecule has 0 aliphatic heterocycles. The van der Waals surface area contributed by atoms with Crippen LogP contribution in [-0.4, -0.2) is 9.97 Å². The third-order valence-electron chi connectivity index (χ3n) is 4.27. The summed E-state index contributed by atoms with van der Waals surface area (Å²) in [6.07, 6.45) is 7.01. The van der Waals surface area contributed by atoms with E-state index < -0.39 is 0 Å². The Labute approximate surface area is 127 Å². The van der Waals surface area contributed by atoms with Crippen LogP contribution in [0.5, 0.6) is 0 Å². The van der Waals surface area contributed by atoms with Gasteiger partial charge in [-0.05, 0) is 37.0 Å². The molecule has 2 heterocycles. The van der Waals surface area contributed by atoms with Crippen molar-refractivity contribution in [3.05, 3.63) is 41.4 Å². The SMILES string of the molecule is Nc1nc(-c2ccc3ncccc3c2)c(C2CCCC2)s1. The third-order valence-corrected chi connectivity index (χ3v) is 5.32. The highest BCUT2D eigenvalue weighted by molar-refractivity contribution is 7.15.